The molecule has 0 saturated carbocycles. The summed E-state index contributed by atoms with van der Waals surface area (Å²) in [6, 6.07) is 9.12. The molecule has 0 bridgehead atoms. The van der Waals surface area contributed by atoms with E-state index < -0.39 is 0 Å². The van der Waals surface area contributed by atoms with Gasteiger partial charge in [0.2, 0.25) is 0 Å². The predicted molar refractivity (Wildman–Crippen MR) is 83.6 cm³/mol. The molecule has 1 amide bonds. The van der Waals surface area contributed by atoms with E-state index >= 15 is 0 Å². The van der Waals surface area contributed by atoms with Gasteiger partial charge in [-0.05, 0) is 35.9 Å². The minimum atomic E-state index is -0.386. The van der Waals surface area contributed by atoms with Gasteiger partial charge >= 0.3 is 0 Å². The lowest BCUT2D eigenvalue weighted by Gasteiger charge is -2.11. The highest BCUT2D eigenvalue weighted by Gasteiger charge is 2.08. The van der Waals surface area contributed by atoms with Crippen molar-refractivity contribution in [1.29, 1.82) is 0 Å². The zero-order valence-corrected chi connectivity index (χ0v) is 12.7. The number of carbonyl (C=O) groups is 1. The molecular weight excluding hydrogens is 314 g/mol. The van der Waals surface area contributed by atoms with Crippen LogP contribution in [-0.2, 0) is 6.54 Å². The number of rotatable bonds is 4. The van der Waals surface area contributed by atoms with Gasteiger partial charge in [-0.3, -0.25) is 4.79 Å². The van der Waals surface area contributed by atoms with Gasteiger partial charge in [0.15, 0.2) is 0 Å². The summed E-state index contributed by atoms with van der Waals surface area (Å²) in [5.41, 5.74) is 1.84. The van der Waals surface area contributed by atoms with Gasteiger partial charge in [0, 0.05) is 24.2 Å². The molecule has 3 nitrogen and oxygen atoms in total. The second kappa shape index (κ2) is 6.78. The van der Waals surface area contributed by atoms with Gasteiger partial charge in [-0.15, -0.1) is 0 Å². The van der Waals surface area contributed by atoms with Gasteiger partial charge in [-0.1, -0.05) is 29.3 Å². The van der Waals surface area contributed by atoms with Crippen LogP contribution in [0.4, 0.5) is 10.1 Å². The molecule has 21 heavy (non-hydrogen) atoms. The van der Waals surface area contributed by atoms with Crippen molar-refractivity contribution in [3.05, 3.63) is 63.4 Å². The van der Waals surface area contributed by atoms with E-state index in [4.69, 9.17) is 23.2 Å². The smallest absolute Gasteiger partial charge is 0.251 e. The number of benzene rings is 2. The third-order valence-corrected chi connectivity index (χ3v) is 3.62. The Morgan fingerprint density at radius 3 is 2.57 bits per heavy atom. The van der Waals surface area contributed by atoms with Crippen LogP contribution in [0.1, 0.15) is 15.9 Å². The Kier molecular flexibility index (Phi) is 5.04. The number of amides is 1. The molecular formula is C15H13Cl2FN2O. The summed E-state index contributed by atoms with van der Waals surface area (Å²) in [7, 11) is 1.56. The van der Waals surface area contributed by atoms with Gasteiger partial charge in [0.05, 0.1) is 10.7 Å². The standard InChI is InChI=1S/C15H13Cl2FN2O/c1-19-15(21)9-3-5-12(16)14(6-9)20-8-10-2-4-11(18)7-13(10)17/h2-7,20H,8H2,1H3,(H,19,21). The first-order valence-electron chi connectivity index (χ1n) is 6.20. The topological polar surface area (TPSA) is 41.1 Å². The number of halogens is 3. The van der Waals surface area contributed by atoms with Crippen LogP contribution in [0.15, 0.2) is 36.4 Å². The monoisotopic (exact) mass is 326 g/mol. The highest BCUT2D eigenvalue weighted by Crippen LogP contribution is 2.25. The van der Waals surface area contributed by atoms with Crippen molar-refractivity contribution in [1.82, 2.24) is 5.32 Å². The summed E-state index contributed by atoms with van der Waals surface area (Å²) in [6.45, 7) is 0.371. The van der Waals surface area contributed by atoms with Gasteiger partial charge < -0.3 is 10.6 Å². The molecule has 2 rings (SSSR count). The third kappa shape index (κ3) is 3.86. The van der Waals surface area contributed by atoms with Crippen LogP contribution in [0.2, 0.25) is 10.0 Å². The highest BCUT2D eigenvalue weighted by molar-refractivity contribution is 6.33. The average Bonchev–Trinajstić information content (AvgIpc) is 2.47. The van der Waals surface area contributed by atoms with Crippen molar-refractivity contribution >= 4 is 34.8 Å². The molecule has 0 unspecified atom stereocenters. The molecule has 2 aromatic carbocycles. The third-order valence-electron chi connectivity index (χ3n) is 2.94. The lowest BCUT2D eigenvalue weighted by Crippen LogP contribution is -2.17. The molecule has 0 aliphatic carbocycles. The molecule has 0 aromatic heterocycles. The number of nitrogens with one attached hydrogen (secondary N) is 2. The lowest BCUT2D eigenvalue weighted by molar-refractivity contribution is 0.0963. The maximum atomic E-state index is 13.0. The Hall–Kier alpha value is -1.78. The molecule has 0 saturated heterocycles. The van der Waals surface area contributed by atoms with Crippen LogP contribution in [0.25, 0.3) is 0 Å². The molecule has 0 aliphatic rings. The number of carbonyl (C=O) groups excluding carboxylic acids is 1. The maximum absolute atomic E-state index is 13.0. The van der Waals surface area contributed by atoms with Crippen molar-refractivity contribution in [2.75, 3.05) is 12.4 Å². The van der Waals surface area contributed by atoms with E-state index in [1.54, 1.807) is 31.3 Å². The largest absolute Gasteiger partial charge is 0.380 e. The fourth-order valence-corrected chi connectivity index (χ4v) is 2.22. The zero-order valence-electron chi connectivity index (χ0n) is 11.2. The Morgan fingerprint density at radius 2 is 1.90 bits per heavy atom. The molecule has 110 valence electrons. The summed E-state index contributed by atoms with van der Waals surface area (Å²) in [6.07, 6.45) is 0. The first-order valence-corrected chi connectivity index (χ1v) is 6.96. The predicted octanol–water partition coefficient (Wildman–Crippen LogP) is 4.10. The zero-order chi connectivity index (χ0) is 15.4. The minimum absolute atomic E-state index is 0.200. The van der Waals surface area contributed by atoms with Crippen LogP contribution in [0, 0.1) is 5.82 Å². The molecule has 0 aliphatic heterocycles. The molecule has 0 spiro atoms. The van der Waals surface area contributed by atoms with Crippen LogP contribution in [0.3, 0.4) is 0 Å². The van der Waals surface area contributed by atoms with Crippen LogP contribution in [0.5, 0.6) is 0 Å². The fraction of sp³-hybridized carbons (Fsp3) is 0.133. The quantitative estimate of drug-likeness (QED) is 0.887. The van der Waals surface area contributed by atoms with E-state index in [-0.39, 0.29) is 11.7 Å². The van der Waals surface area contributed by atoms with Gasteiger partial charge in [0.25, 0.3) is 5.91 Å². The van der Waals surface area contributed by atoms with E-state index in [2.05, 4.69) is 10.6 Å². The van der Waals surface area contributed by atoms with Gasteiger partial charge in [0.1, 0.15) is 5.82 Å². The summed E-state index contributed by atoms with van der Waals surface area (Å²) < 4.78 is 13.0. The van der Waals surface area contributed by atoms with Crippen LogP contribution in [-0.4, -0.2) is 13.0 Å². The summed E-state index contributed by atoms with van der Waals surface area (Å²) in [5.74, 6) is -0.585. The Bertz CT molecular complexity index is 677. The Labute approximate surface area is 132 Å². The number of hydrogen-bond donors (Lipinski definition) is 2. The van der Waals surface area contributed by atoms with Crippen molar-refractivity contribution < 1.29 is 9.18 Å². The van der Waals surface area contributed by atoms with E-state index in [1.165, 1.54) is 12.1 Å². The molecule has 6 heteroatoms. The lowest BCUT2D eigenvalue weighted by atomic mass is 10.1. The number of hydrogen-bond acceptors (Lipinski definition) is 2. The number of anilines is 1. The summed E-state index contributed by atoms with van der Waals surface area (Å²) >= 11 is 12.1. The molecule has 0 heterocycles. The second-order valence-corrected chi connectivity index (χ2v) is 5.18. The van der Waals surface area contributed by atoms with Crippen molar-refractivity contribution in [2.45, 2.75) is 6.54 Å². The molecule has 2 aromatic rings. The first-order chi connectivity index (χ1) is 10.0. The van der Waals surface area contributed by atoms with E-state index in [0.717, 1.165) is 5.56 Å². The minimum Gasteiger partial charge on any atom is -0.380 e. The molecule has 0 radical (unpaired) electrons. The normalized spacial score (nSPS) is 10.3. The Morgan fingerprint density at radius 1 is 1.14 bits per heavy atom. The van der Waals surface area contributed by atoms with E-state index in [0.29, 0.717) is 27.8 Å². The molecule has 0 atom stereocenters. The molecule has 2 N–H and O–H groups in total. The van der Waals surface area contributed by atoms with Crippen molar-refractivity contribution in [3.8, 4) is 0 Å². The Balaban J connectivity index is 2.17. The SMILES string of the molecule is CNC(=O)c1ccc(Cl)c(NCc2ccc(F)cc2Cl)c1. The second-order valence-electron chi connectivity index (χ2n) is 4.36. The highest BCUT2D eigenvalue weighted by atomic mass is 35.5. The van der Waals surface area contributed by atoms with Crippen molar-refractivity contribution in [3.63, 3.8) is 0 Å². The van der Waals surface area contributed by atoms with E-state index in [1.807, 2.05) is 0 Å². The van der Waals surface area contributed by atoms with Crippen molar-refractivity contribution in [2.24, 2.45) is 0 Å². The van der Waals surface area contributed by atoms with Gasteiger partial charge in [-0.2, -0.15) is 0 Å². The average molecular weight is 327 g/mol. The fourth-order valence-electron chi connectivity index (χ4n) is 1.80. The van der Waals surface area contributed by atoms with Gasteiger partial charge in [-0.25, -0.2) is 4.39 Å². The summed E-state index contributed by atoms with van der Waals surface area (Å²) in [5, 5.41) is 6.46. The maximum Gasteiger partial charge on any atom is 0.251 e. The van der Waals surface area contributed by atoms with Crippen LogP contribution >= 0.6 is 23.2 Å². The van der Waals surface area contributed by atoms with E-state index in [9.17, 15) is 9.18 Å². The first kappa shape index (κ1) is 15.6. The molecule has 0 fully saturated rings. The van der Waals surface area contributed by atoms with Crippen LogP contribution < -0.4 is 10.6 Å². The summed E-state index contributed by atoms with van der Waals surface area (Å²) in [4.78, 5) is 11.6.